The van der Waals surface area contributed by atoms with Crippen molar-refractivity contribution < 1.29 is 9.53 Å². The molecular formula is C28H23BrN4O2S. The molecular weight excluding hydrogens is 536 g/mol. The fourth-order valence-corrected chi connectivity index (χ4v) is 4.68. The number of benzene rings is 3. The van der Waals surface area contributed by atoms with Crippen molar-refractivity contribution in [3.8, 4) is 16.9 Å². The highest BCUT2D eigenvalue weighted by atomic mass is 79.9. The van der Waals surface area contributed by atoms with E-state index in [1.807, 2.05) is 103 Å². The molecule has 0 saturated heterocycles. The van der Waals surface area contributed by atoms with Crippen molar-refractivity contribution >= 4 is 39.2 Å². The maximum Gasteiger partial charge on any atom is 0.338 e. The SMILES string of the molecule is CC1=C(C(=O)OCc2ccccc2)[C@@H](c2cn(-c3ccccc3)nc2-c2ccc(Br)cc2)NC(=S)N1. The van der Waals surface area contributed by atoms with E-state index < -0.39 is 12.0 Å². The molecule has 8 heteroatoms. The molecule has 180 valence electrons. The summed E-state index contributed by atoms with van der Waals surface area (Å²) in [5, 5.41) is 11.7. The minimum atomic E-state index is -0.543. The summed E-state index contributed by atoms with van der Waals surface area (Å²) in [6, 6.07) is 26.9. The van der Waals surface area contributed by atoms with Gasteiger partial charge in [-0.3, -0.25) is 0 Å². The molecule has 36 heavy (non-hydrogen) atoms. The first-order valence-corrected chi connectivity index (χ1v) is 12.6. The lowest BCUT2D eigenvalue weighted by molar-refractivity contribution is -0.140. The van der Waals surface area contributed by atoms with Crippen LogP contribution in [0.3, 0.4) is 0 Å². The van der Waals surface area contributed by atoms with Crippen LogP contribution in [-0.2, 0) is 16.1 Å². The van der Waals surface area contributed by atoms with E-state index in [-0.39, 0.29) is 6.61 Å². The topological polar surface area (TPSA) is 68.2 Å². The Bertz CT molecular complexity index is 1430. The third kappa shape index (κ3) is 5.10. The highest BCUT2D eigenvalue weighted by Gasteiger charge is 2.34. The summed E-state index contributed by atoms with van der Waals surface area (Å²) >= 11 is 8.98. The Morgan fingerprint density at radius 1 is 1.03 bits per heavy atom. The van der Waals surface area contributed by atoms with Gasteiger partial charge in [0, 0.05) is 27.5 Å². The van der Waals surface area contributed by atoms with Gasteiger partial charge in [-0.15, -0.1) is 0 Å². The van der Waals surface area contributed by atoms with Crippen molar-refractivity contribution in [2.45, 2.75) is 19.6 Å². The van der Waals surface area contributed by atoms with Crippen molar-refractivity contribution in [2.75, 3.05) is 0 Å². The second kappa shape index (κ2) is 10.5. The molecule has 0 bridgehead atoms. The zero-order chi connectivity index (χ0) is 25.1. The fraction of sp³-hybridized carbons (Fsp3) is 0.107. The van der Waals surface area contributed by atoms with Crippen LogP contribution in [0.5, 0.6) is 0 Å². The summed E-state index contributed by atoms with van der Waals surface area (Å²) in [4.78, 5) is 13.4. The first kappa shape index (κ1) is 24.0. The molecule has 0 saturated carbocycles. The maximum absolute atomic E-state index is 13.4. The summed E-state index contributed by atoms with van der Waals surface area (Å²) in [5.41, 5.74) is 5.42. The number of esters is 1. The minimum Gasteiger partial charge on any atom is -0.457 e. The molecule has 0 spiro atoms. The second-order valence-electron chi connectivity index (χ2n) is 8.35. The van der Waals surface area contributed by atoms with Crippen LogP contribution in [0.15, 0.2) is 107 Å². The van der Waals surface area contributed by atoms with E-state index in [9.17, 15) is 4.79 Å². The molecule has 1 aromatic heterocycles. The largest absolute Gasteiger partial charge is 0.457 e. The van der Waals surface area contributed by atoms with E-state index in [1.54, 1.807) is 0 Å². The molecule has 2 N–H and O–H groups in total. The molecule has 5 rings (SSSR count). The number of para-hydroxylation sites is 1. The minimum absolute atomic E-state index is 0.177. The normalized spacial score (nSPS) is 15.3. The lowest BCUT2D eigenvalue weighted by Gasteiger charge is -2.29. The monoisotopic (exact) mass is 558 g/mol. The molecule has 2 heterocycles. The van der Waals surface area contributed by atoms with E-state index >= 15 is 0 Å². The van der Waals surface area contributed by atoms with Crippen LogP contribution in [0.1, 0.15) is 24.1 Å². The van der Waals surface area contributed by atoms with E-state index in [2.05, 4.69) is 26.6 Å². The zero-order valence-corrected chi connectivity index (χ0v) is 21.8. The van der Waals surface area contributed by atoms with Gasteiger partial charge in [-0.1, -0.05) is 76.6 Å². The number of hydrogen-bond acceptors (Lipinski definition) is 4. The molecule has 0 unspecified atom stereocenters. The van der Waals surface area contributed by atoms with Gasteiger partial charge in [0.05, 0.1) is 23.0 Å². The van der Waals surface area contributed by atoms with E-state index in [1.165, 1.54) is 0 Å². The molecule has 0 amide bonds. The van der Waals surface area contributed by atoms with Gasteiger partial charge in [0.15, 0.2) is 5.11 Å². The van der Waals surface area contributed by atoms with Crippen molar-refractivity contribution in [3.63, 3.8) is 0 Å². The van der Waals surface area contributed by atoms with Gasteiger partial charge >= 0.3 is 5.97 Å². The van der Waals surface area contributed by atoms with Gasteiger partial charge in [-0.25, -0.2) is 9.48 Å². The van der Waals surface area contributed by atoms with Crippen LogP contribution in [0, 0.1) is 0 Å². The average molecular weight is 559 g/mol. The van der Waals surface area contributed by atoms with E-state index in [4.69, 9.17) is 22.1 Å². The molecule has 0 radical (unpaired) electrons. The third-order valence-corrected chi connectivity index (χ3v) is 6.64. The summed E-state index contributed by atoms with van der Waals surface area (Å²) < 4.78 is 8.52. The van der Waals surface area contributed by atoms with Crippen molar-refractivity contribution in [1.29, 1.82) is 0 Å². The van der Waals surface area contributed by atoms with Gasteiger partial charge in [0.25, 0.3) is 0 Å². The maximum atomic E-state index is 13.4. The van der Waals surface area contributed by atoms with Crippen LogP contribution in [-0.4, -0.2) is 20.9 Å². The highest BCUT2D eigenvalue weighted by Crippen LogP contribution is 2.35. The quantitative estimate of drug-likeness (QED) is 0.229. The van der Waals surface area contributed by atoms with Gasteiger partial charge in [-0.05, 0) is 49.0 Å². The third-order valence-electron chi connectivity index (χ3n) is 5.89. The Hall–Kier alpha value is -3.75. The average Bonchev–Trinajstić information content (AvgIpc) is 3.34. The highest BCUT2D eigenvalue weighted by molar-refractivity contribution is 9.10. The number of aromatic nitrogens is 2. The van der Waals surface area contributed by atoms with Crippen LogP contribution >= 0.6 is 28.1 Å². The number of hydrogen-bond donors (Lipinski definition) is 2. The van der Waals surface area contributed by atoms with Gasteiger partial charge in [-0.2, -0.15) is 5.10 Å². The number of rotatable bonds is 6. The standard InChI is InChI=1S/C28H23BrN4O2S/c1-18-24(27(34)35-17-19-8-4-2-5-9-19)26(31-28(36)30-18)23-16-33(22-10-6-3-7-11-22)32-25(23)20-12-14-21(29)15-13-20/h2-16,26H,17H2,1H3,(H2,30,31,36)/t26-/m1/s1. The van der Waals surface area contributed by atoms with Gasteiger partial charge in [0.1, 0.15) is 6.61 Å². The molecule has 0 fully saturated rings. The first-order valence-electron chi connectivity index (χ1n) is 11.4. The van der Waals surface area contributed by atoms with E-state index in [0.717, 1.165) is 32.5 Å². The summed E-state index contributed by atoms with van der Waals surface area (Å²) in [7, 11) is 0. The lowest BCUT2D eigenvalue weighted by Crippen LogP contribution is -2.45. The number of carbonyl (C=O) groups is 1. The van der Waals surface area contributed by atoms with Gasteiger partial charge in [0.2, 0.25) is 0 Å². The number of carbonyl (C=O) groups excluding carboxylic acids is 1. The predicted molar refractivity (Wildman–Crippen MR) is 147 cm³/mol. The van der Waals surface area contributed by atoms with Crippen molar-refractivity contribution in [1.82, 2.24) is 20.4 Å². The van der Waals surface area contributed by atoms with Crippen LogP contribution in [0.2, 0.25) is 0 Å². The Morgan fingerprint density at radius 2 is 1.69 bits per heavy atom. The number of allylic oxidation sites excluding steroid dienone is 1. The van der Waals surface area contributed by atoms with Crippen LogP contribution in [0.4, 0.5) is 0 Å². The van der Waals surface area contributed by atoms with E-state index in [0.29, 0.717) is 16.4 Å². The number of ether oxygens (including phenoxy) is 1. The fourth-order valence-electron chi connectivity index (χ4n) is 4.14. The smallest absolute Gasteiger partial charge is 0.338 e. The molecule has 4 aromatic rings. The number of nitrogens with one attached hydrogen (secondary N) is 2. The summed E-state index contributed by atoms with van der Waals surface area (Å²) in [6.07, 6.45) is 1.94. The Labute approximate surface area is 223 Å². The molecule has 1 aliphatic heterocycles. The number of nitrogens with zero attached hydrogens (tertiary/aromatic N) is 2. The Balaban J connectivity index is 1.57. The summed E-state index contributed by atoms with van der Waals surface area (Å²) in [6.45, 7) is 2.01. The van der Waals surface area contributed by atoms with Crippen LogP contribution in [0.25, 0.3) is 16.9 Å². The Kier molecular flexibility index (Phi) is 6.97. The molecule has 6 nitrogen and oxygen atoms in total. The molecule has 1 aliphatic rings. The molecule has 1 atom stereocenters. The van der Waals surface area contributed by atoms with Crippen molar-refractivity contribution in [2.24, 2.45) is 0 Å². The zero-order valence-electron chi connectivity index (χ0n) is 19.4. The summed E-state index contributed by atoms with van der Waals surface area (Å²) in [5.74, 6) is -0.418. The second-order valence-corrected chi connectivity index (χ2v) is 9.68. The van der Waals surface area contributed by atoms with Crippen molar-refractivity contribution in [3.05, 3.63) is 118 Å². The molecule has 3 aromatic carbocycles. The van der Waals surface area contributed by atoms with Crippen LogP contribution < -0.4 is 10.6 Å². The van der Waals surface area contributed by atoms with Gasteiger partial charge < -0.3 is 15.4 Å². The first-order chi connectivity index (χ1) is 17.5. The molecule has 0 aliphatic carbocycles. The number of thiocarbonyl (C=S) groups is 1. The lowest BCUT2D eigenvalue weighted by atomic mass is 9.94. The Morgan fingerprint density at radius 3 is 2.39 bits per heavy atom. The predicted octanol–water partition coefficient (Wildman–Crippen LogP) is 5.84. The number of halogens is 1.